The van der Waals surface area contributed by atoms with Gasteiger partial charge in [-0.05, 0) is 11.1 Å². The number of hydrogen-bond donors (Lipinski definition) is 1. The number of nitrogens with zero attached hydrogens (tertiary/aromatic N) is 4. The summed E-state index contributed by atoms with van der Waals surface area (Å²) >= 11 is 0. The highest BCUT2D eigenvalue weighted by Gasteiger charge is 2.24. The van der Waals surface area contributed by atoms with Gasteiger partial charge in [-0.15, -0.1) is 6.58 Å². The van der Waals surface area contributed by atoms with Gasteiger partial charge in [0.05, 0.1) is 0 Å². The highest BCUT2D eigenvalue weighted by atomic mass is 16.5. The molecule has 1 N–H and O–H groups in total. The molecule has 0 amide bonds. The first-order valence-electron chi connectivity index (χ1n) is 5.97. The highest BCUT2D eigenvalue weighted by Crippen LogP contribution is 2.15. The first kappa shape index (κ1) is 12.1. The molecule has 7 heteroatoms. The average Bonchev–Trinajstić information content (AvgIpc) is 2.50. The monoisotopic (exact) mass is 269 g/mol. The Balaban J connectivity index is 2.43. The largest absolute Gasteiger partial charge is 0.710 e. The summed E-state index contributed by atoms with van der Waals surface area (Å²) in [5, 5.41) is 27.7. The quantitative estimate of drug-likeness (QED) is 0.326. The summed E-state index contributed by atoms with van der Waals surface area (Å²) in [6.45, 7) is 4.02. The molecule has 0 aliphatic rings. The van der Waals surface area contributed by atoms with E-state index in [0.717, 1.165) is 0 Å². The Kier molecular flexibility index (Phi) is 2.79. The zero-order chi connectivity index (χ0) is 14.1. The van der Waals surface area contributed by atoms with E-state index in [1.165, 1.54) is 6.33 Å². The third-order valence-electron chi connectivity index (χ3n) is 2.93. The Morgan fingerprint density at radius 1 is 1.15 bits per heavy atom. The van der Waals surface area contributed by atoms with Gasteiger partial charge in [-0.2, -0.15) is 9.71 Å². The van der Waals surface area contributed by atoms with Gasteiger partial charge < -0.3 is 15.7 Å². The lowest BCUT2D eigenvalue weighted by Gasteiger charge is -2.10. The van der Waals surface area contributed by atoms with Crippen LogP contribution in [0.25, 0.3) is 22.2 Å². The van der Waals surface area contributed by atoms with E-state index in [2.05, 4.69) is 21.9 Å². The van der Waals surface area contributed by atoms with Crippen LogP contribution >= 0.6 is 0 Å². The predicted molar refractivity (Wildman–Crippen MR) is 73.7 cm³/mol. The Labute approximate surface area is 114 Å². The van der Waals surface area contributed by atoms with Gasteiger partial charge in [0.2, 0.25) is 17.7 Å². The van der Waals surface area contributed by atoms with Crippen molar-refractivity contribution in [2.45, 2.75) is 0 Å². The number of nitrogens with one attached hydrogen (secondary N) is 1. The summed E-state index contributed by atoms with van der Waals surface area (Å²) in [7, 11) is 0. The molecule has 3 rings (SSSR count). The van der Waals surface area contributed by atoms with Crippen LogP contribution in [0.5, 0.6) is 0 Å². The number of rotatable bonds is 3. The lowest BCUT2D eigenvalue weighted by molar-refractivity contribution is -0.592. The molecule has 3 aromatic rings. The summed E-state index contributed by atoms with van der Waals surface area (Å²) in [6, 6.07) is 6.55. The Bertz CT molecular complexity index is 819. The van der Waals surface area contributed by atoms with E-state index in [-0.39, 0.29) is 22.2 Å². The van der Waals surface area contributed by atoms with Crippen LogP contribution in [0, 0.1) is 10.4 Å². The number of para-hydroxylation sites is 2. The van der Waals surface area contributed by atoms with Crippen LogP contribution < -0.4 is 14.8 Å². The molecule has 7 nitrogen and oxygen atoms in total. The van der Waals surface area contributed by atoms with Crippen LogP contribution in [0.1, 0.15) is 0 Å². The second kappa shape index (κ2) is 4.61. The van der Waals surface area contributed by atoms with E-state index in [9.17, 15) is 10.4 Å². The van der Waals surface area contributed by atoms with Gasteiger partial charge >= 0.3 is 11.2 Å². The van der Waals surface area contributed by atoms with Crippen molar-refractivity contribution < 1.29 is 9.46 Å². The van der Waals surface area contributed by atoms with Crippen molar-refractivity contribution in [3.05, 3.63) is 53.7 Å². The molecule has 20 heavy (non-hydrogen) atoms. The fourth-order valence-corrected chi connectivity index (χ4v) is 2.05. The molecule has 0 radical (unpaired) electrons. The van der Waals surface area contributed by atoms with Crippen LogP contribution in [0.3, 0.4) is 0 Å². The molecule has 0 aliphatic heterocycles. The van der Waals surface area contributed by atoms with Gasteiger partial charge in [0.1, 0.15) is 0 Å². The Morgan fingerprint density at radius 2 is 1.85 bits per heavy atom. The van der Waals surface area contributed by atoms with Crippen molar-refractivity contribution in [3.63, 3.8) is 0 Å². The summed E-state index contributed by atoms with van der Waals surface area (Å²) in [6.07, 6.45) is 2.88. The molecule has 0 spiro atoms. The molecular formula is C13H11N5O2. The molecule has 1 aromatic carbocycles. The molecule has 100 valence electrons. The molecule has 2 aromatic heterocycles. The van der Waals surface area contributed by atoms with Gasteiger partial charge in [-0.25, -0.2) is 4.73 Å². The Hall–Kier alpha value is -2.96. The number of benzene rings is 1. The van der Waals surface area contributed by atoms with Gasteiger partial charge in [0, 0.05) is 12.6 Å². The minimum absolute atomic E-state index is 0.0280. The fourth-order valence-electron chi connectivity index (χ4n) is 2.05. The average molecular weight is 269 g/mol. The van der Waals surface area contributed by atoms with Crippen LogP contribution in [0.4, 0.5) is 5.82 Å². The number of hydrogen-bond acceptors (Lipinski definition) is 5. The molecule has 0 unspecified atom stereocenters. The highest BCUT2D eigenvalue weighted by molar-refractivity contribution is 5.81. The van der Waals surface area contributed by atoms with Gasteiger partial charge in [-0.1, -0.05) is 18.2 Å². The zero-order valence-electron chi connectivity index (χ0n) is 10.5. The predicted octanol–water partition coefficient (Wildman–Crippen LogP) is 0.648. The van der Waals surface area contributed by atoms with Crippen molar-refractivity contribution in [1.82, 2.24) is 9.97 Å². The summed E-state index contributed by atoms with van der Waals surface area (Å²) in [5.41, 5.74) is 0.679. The third-order valence-corrected chi connectivity index (χ3v) is 2.93. The van der Waals surface area contributed by atoms with Crippen LogP contribution in [-0.4, -0.2) is 16.5 Å². The second-order valence-electron chi connectivity index (χ2n) is 4.14. The zero-order valence-corrected chi connectivity index (χ0v) is 10.5. The summed E-state index contributed by atoms with van der Waals surface area (Å²) in [5.74, 6) is 0.306. The molecule has 2 heterocycles. The van der Waals surface area contributed by atoms with Gasteiger partial charge in [-0.3, -0.25) is 0 Å². The molecule has 0 saturated carbocycles. The minimum Gasteiger partial charge on any atom is -0.710 e. The van der Waals surface area contributed by atoms with Crippen LogP contribution in [0.2, 0.25) is 0 Å². The van der Waals surface area contributed by atoms with E-state index in [1.54, 1.807) is 30.3 Å². The van der Waals surface area contributed by atoms with E-state index in [1.807, 2.05) is 0 Å². The van der Waals surface area contributed by atoms with Crippen molar-refractivity contribution in [3.8, 4) is 0 Å². The molecule has 0 saturated heterocycles. The van der Waals surface area contributed by atoms with Gasteiger partial charge in [0.15, 0.2) is 0 Å². The standard InChI is InChI=1S/C13H11N5O2/c1-2-7-14-12-11-13(16-8-15-12)18(20)10-6-4-3-5-9(10)17(11)19/h2-6,8H,1,7H2,(H,14,15,16). The number of fused-ring (bicyclic) bond motifs is 2. The Morgan fingerprint density at radius 3 is 2.55 bits per heavy atom. The second-order valence-corrected chi connectivity index (χ2v) is 4.14. The van der Waals surface area contributed by atoms with Crippen molar-refractivity contribution in [1.29, 1.82) is 0 Å². The molecule has 0 atom stereocenters. The van der Waals surface area contributed by atoms with E-state index in [4.69, 9.17) is 0 Å². The maximum atomic E-state index is 12.4. The summed E-state index contributed by atoms with van der Waals surface area (Å²) < 4.78 is 1.31. The normalized spacial score (nSPS) is 10.8. The van der Waals surface area contributed by atoms with E-state index in [0.29, 0.717) is 21.8 Å². The molecule has 0 bridgehead atoms. The number of anilines is 1. The smallest absolute Gasteiger partial charge is 0.406 e. The van der Waals surface area contributed by atoms with Crippen molar-refractivity contribution >= 4 is 28.0 Å². The number of aromatic nitrogens is 4. The van der Waals surface area contributed by atoms with E-state index >= 15 is 0 Å². The molecular weight excluding hydrogens is 258 g/mol. The maximum Gasteiger partial charge on any atom is 0.406 e. The summed E-state index contributed by atoms with van der Waals surface area (Å²) in [4.78, 5) is 7.92. The van der Waals surface area contributed by atoms with Crippen molar-refractivity contribution in [2.75, 3.05) is 11.9 Å². The van der Waals surface area contributed by atoms with Gasteiger partial charge in [0.25, 0.3) is 5.52 Å². The maximum absolute atomic E-state index is 12.4. The topological polar surface area (TPSA) is 91.7 Å². The fraction of sp³-hybridized carbons (Fsp3) is 0.0769. The SMILES string of the molecule is C=CCNc1ncnc2c1[n+]([O-])c1ccccc1[n+]2[O-]. The first-order chi connectivity index (χ1) is 9.74. The van der Waals surface area contributed by atoms with E-state index < -0.39 is 0 Å². The molecule has 0 aliphatic carbocycles. The third kappa shape index (κ3) is 1.68. The van der Waals surface area contributed by atoms with Crippen LogP contribution in [-0.2, 0) is 0 Å². The molecule has 0 fully saturated rings. The minimum atomic E-state index is 0.0280. The lowest BCUT2D eigenvalue weighted by Crippen LogP contribution is -2.40. The van der Waals surface area contributed by atoms with Crippen LogP contribution in [0.15, 0.2) is 43.2 Å². The first-order valence-corrected chi connectivity index (χ1v) is 5.97. The lowest BCUT2D eigenvalue weighted by atomic mass is 10.3. The van der Waals surface area contributed by atoms with Crippen molar-refractivity contribution in [2.24, 2.45) is 0 Å².